The number of benzene rings is 2. The van der Waals surface area contributed by atoms with Gasteiger partial charge in [0, 0.05) is 0 Å². The van der Waals surface area contributed by atoms with E-state index in [-0.39, 0.29) is 24.5 Å². The predicted octanol–water partition coefficient (Wildman–Crippen LogP) is 3.85. The van der Waals surface area contributed by atoms with Crippen molar-refractivity contribution in [3.8, 4) is 11.5 Å². The van der Waals surface area contributed by atoms with Gasteiger partial charge in [-0.2, -0.15) is 0 Å². The molecule has 1 unspecified atom stereocenters. The molecule has 0 saturated carbocycles. The Labute approximate surface area is 158 Å². The van der Waals surface area contributed by atoms with Crippen LogP contribution in [0.4, 0.5) is 0 Å². The lowest BCUT2D eigenvalue weighted by molar-refractivity contribution is -0.124. The summed E-state index contributed by atoms with van der Waals surface area (Å²) < 4.78 is 11.2. The highest BCUT2D eigenvalue weighted by Gasteiger charge is 2.22. The number of ether oxygens (including phenoxy) is 2. The number of amides is 1. The standard InChI is InChI=1S/C21H25N3O3/c1-4-26-17-11-7-8-12-18(17)27-13-19(25)24-20(14(2)3)21-22-15-9-5-6-10-16(15)23-21/h5-12,14,20H,4,13H2,1-3H3,(H,22,23)(H,24,25). The number of nitrogens with zero attached hydrogens (tertiary/aromatic N) is 1. The largest absolute Gasteiger partial charge is 0.490 e. The summed E-state index contributed by atoms with van der Waals surface area (Å²) in [6.45, 7) is 6.44. The second-order valence-electron chi connectivity index (χ2n) is 6.60. The van der Waals surface area contributed by atoms with Crippen LogP contribution in [0.5, 0.6) is 11.5 Å². The van der Waals surface area contributed by atoms with Crippen molar-refractivity contribution in [3.63, 3.8) is 0 Å². The molecule has 0 radical (unpaired) electrons. The number of aromatic amines is 1. The van der Waals surface area contributed by atoms with Gasteiger partial charge in [-0.05, 0) is 37.1 Å². The number of nitrogens with one attached hydrogen (secondary N) is 2. The molecule has 142 valence electrons. The van der Waals surface area contributed by atoms with Gasteiger partial charge in [0.15, 0.2) is 18.1 Å². The van der Waals surface area contributed by atoms with Crippen LogP contribution in [0.15, 0.2) is 48.5 Å². The maximum atomic E-state index is 12.5. The SMILES string of the molecule is CCOc1ccccc1OCC(=O)NC(c1nc2ccccc2[nH]1)C(C)C. The first kappa shape index (κ1) is 18.8. The number of hydrogen-bond acceptors (Lipinski definition) is 4. The summed E-state index contributed by atoms with van der Waals surface area (Å²) >= 11 is 0. The lowest BCUT2D eigenvalue weighted by Crippen LogP contribution is -2.35. The Bertz CT molecular complexity index is 871. The molecule has 27 heavy (non-hydrogen) atoms. The van der Waals surface area contributed by atoms with Gasteiger partial charge in [0.1, 0.15) is 5.82 Å². The van der Waals surface area contributed by atoms with E-state index in [1.165, 1.54) is 0 Å². The van der Waals surface area contributed by atoms with Crippen molar-refractivity contribution in [1.82, 2.24) is 15.3 Å². The first-order valence-corrected chi connectivity index (χ1v) is 9.17. The summed E-state index contributed by atoms with van der Waals surface area (Å²) in [7, 11) is 0. The van der Waals surface area contributed by atoms with Gasteiger partial charge in [0.25, 0.3) is 5.91 Å². The maximum absolute atomic E-state index is 12.5. The molecule has 1 amide bonds. The van der Waals surface area contributed by atoms with E-state index < -0.39 is 0 Å². The van der Waals surface area contributed by atoms with E-state index in [0.29, 0.717) is 18.1 Å². The molecule has 0 aliphatic rings. The van der Waals surface area contributed by atoms with Crippen molar-refractivity contribution in [3.05, 3.63) is 54.4 Å². The molecule has 1 aromatic heterocycles. The summed E-state index contributed by atoms with van der Waals surface area (Å²) in [6.07, 6.45) is 0. The van der Waals surface area contributed by atoms with Gasteiger partial charge in [-0.1, -0.05) is 38.1 Å². The van der Waals surface area contributed by atoms with Crippen LogP contribution < -0.4 is 14.8 Å². The highest BCUT2D eigenvalue weighted by Crippen LogP contribution is 2.26. The highest BCUT2D eigenvalue weighted by atomic mass is 16.5. The number of aromatic nitrogens is 2. The van der Waals surface area contributed by atoms with Crippen molar-refractivity contribution in [1.29, 1.82) is 0 Å². The summed E-state index contributed by atoms with van der Waals surface area (Å²) in [6, 6.07) is 14.9. The molecular formula is C21H25N3O3. The molecule has 0 saturated heterocycles. The third-order valence-electron chi connectivity index (χ3n) is 4.19. The lowest BCUT2D eigenvalue weighted by Gasteiger charge is -2.20. The van der Waals surface area contributed by atoms with E-state index in [4.69, 9.17) is 9.47 Å². The van der Waals surface area contributed by atoms with Gasteiger partial charge in [-0.3, -0.25) is 4.79 Å². The quantitative estimate of drug-likeness (QED) is 0.634. The van der Waals surface area contributed by atoms with Crippen LogP contribution in [0, 0.1) is 5.92 Å². The molecule has 1 heterocycles. The number of H-pyrrole nitrogens is 1. The van der Waals surface area contributed by atoms with Crippen LogP contribution in [0.25, 0.3) is 11.0 Å². The smallest absolute Gasteiger partial charge is 0.258 e. The zero-order valence-electron chi connectivity index (χ0n) is 15.9. The second-order valence-corrected chi connectivity index (χ2v) is 6.60. The Morgan fingerprint density at radius 1 is 1.07 bits per heavy atom. The van der Waals surface area contributed by atoms with Gasteiger partial charge in [0.05, 0.1) is 23.7 Å². The molecule has 0 aliphatic heterocycles. The third kappa shape index (κ3) is 4.58. The normalized spacial score (nSPS) is 12.1. The topological polar surface area (TPSA) is 76.2 Å². The first-order valence-electron chi connectivity index (χ1n) is 9.17. The van der Waals surface area contributed by atoms with Gasteiger partial charge in [-0.25, -0.2) is 4.98 Å². The molecule has 0 fully saturated rings. The molecule has 3 aromatic rings. The average molecular weight is 367 g/mol. The number of fused-ring (bicyclic) bond motifs is 1. The van der Waals surface area contributed by atoms with Crippen molar-refractivity contribution in [2.45, 2.75) is 26.8 Å². The zero-order valence-corrected chi connectivity index (χ0v) is 15.9. The molecule has 0 spiro atoms. The fourth-order valence-corrected chi connectivity index (χ4v) is 2.87. The minimum atomic E-state index is -0.226. The van der Waals surface area contributed by atoms with Gasteiger partial charge < -0.3 is 19.8 Å². The van der Waals surface area contributed by atoms with Crippen LogP contribution in [-0.4, -0.2) is 29.1 Å². The molecule has 3 rings (SSSR count). The Morgan fingerprint density at radius 2 is 1.74 bits per heavy atom. The number of rotatable bonds is 8. The van der Waals surface area contributed by atoms with E-state index in [0.717, 1.165) is 16.9 Å². The first-order chi connectivity index (χ1) is 13.1. The third-order valence-corrected chi connectivity index (χ3v) is 4.19. The number of para-hydroxylation sites is 4. The molecule has 2 aromatic carbocycles. The fourth-order valence-electron chi connectivity index (χ4n) is 2.87. The predicted molar refractivity (Wildman–Crippen MR) is 105 cm³/mol. The highest BCUT2D eigenvalue weighted by molar-refractivity contribution is 5.79. The number of imidazole rings is 1. The lowest BCUT2D eigenvalue weighted by atomic mass is 10.0. The van der Waals surface area contributed by atoms with Crippen LogP contribution in [0.3, 0.4) is 0 Å². The maximum Gasteiger partial charge on any atom is 0.258 e. The minimum absolute atomic E-state index is 0.0897. The van der Waals surface area contributed by atoms with Crippen molar-refractivity contribution in [2.75, 3.05) is 13.2 Å². The Morgan fingerprint density at radius 3 is 2.41 bits per heavy atom. The van der Waals surface area contributed by atoms with E-state index in [1.54, 1.807) is 6.07 Å². The number of carbonyl (C=O) groups excluding carboxylic acids is 1. The average Bonchev–Trinajstić information content (AvgIpc) is 3.09. The van der Waals surface area contributed by atoms with Crippen LogP contribution in [0.2, 0.25) is 0 Å². The Hall–Kier alpha value is -3.02. The monoisotopic (exact) mass is 367 g/mol. The van der Waals surface area contributed by atoms with Gasteiger partial charge in [-0.15, -0.1) is 0 Å². The van der Waals surface area contributed by atoms with Gasteiger partial charge in [0.2, 0.25) is 0 Å². The van der Waals surface area contributed by atoms with Gasteiger partial charge >= 0.3 is 0 Å². The molecule has 6 nitrogen and oxygen atoms in total. The fraction of sp³-hybridized carbons (Fsp3) is 0.333. The molecule has 2 N–H and O–H groups in total. The molecule has 0 bridgehead atoms. The summed E-state index contributed by atoms with van der Waals surface area (Å²) in [4.78, 5) is 20.4. The summed E-state index contributed by atoms with van der Waals surface area (Å²) in [5.74, 6) is 1.89. The second kappa shape index (κ2) is 8.58. The van der Waals surface area contributed by atoms with E-state index in [1.807, 2.05) is 63.2 Å². The van der Waals surface area contributed by atoms with E-state index >= 15 is 0 Å². The molecular weight excluding hydrogens is 342 g/mol. The van der Waals surface area contributed by atoms with Crippen LogP contribution in [0.1, 0.15) is 32.6 Å². The van der Waals surface area contributed by atoms with Crippen molar-refractivity contribution >= 4 is 16.9 Å². The van der Waals surface area contributed by atoms with E-state index in [9.17, 15) is 4.79 Å². The van der Waals surface area contributed by atoms with Crippen molar-refractivity contribution in [2.24, 2.45) is 5.92 Å². The molecule has 6 heteroatoms. The Balaban J connectivity index is 1.67. The van der Waals surface area contributed by atoms with Crippen LogP contribution in [-0.2, 0) is 4.79 Å². The summed E-state index contributed by atoms with van der Waals surface area (Å²) in [5, 5.41) is 3.02. The Kier molecular flexibility index (Phi) is 5.96. The minimum Gasteiger partial charge on any atom is -0.490 e. The number of carbonyl (C=O) groups is 1. The summed E-state index contributed by atoms with van der Waals surface area (Å²) in [5.41, 5.74) is 1.84. The molecule has 1 atom stereocenters. The zero-order chi connectivity index (χ0) is 19.2. The van der Waals surface area contributed by atoms with E-state index in [2.05, 4.69) is 15.3 Å². The molecule has 0 aliphatic carbocycles. The van der Waals surface area contributed by atoms with Crippen molar-refractivity contribution < 1.29 is 14.3 Å². The van der Waals surface area contributed by atoms with Crippen LogP contribution >= 0.6 is 0 Å². The number of hydrogen-bond donors (Lipinski definition) is 2.